The van der Waals surface area contributed by atoms with Crippen molar-refractivity contribution in [2.24, 2.45) is 5.41 Å². The van der Waals surface area contributed by atoms with Crippen molar-refractivity contribution in [3.8, 4) is 0 Å². The summed E-state index contributed by atoms with van der Waals surface area (Å²) in [5.41, 5.74) is -2.81. The molecule has 2 heterocycles. The summed E-state index contributed by atoms with van der Waals surface area (Å²) in [4.78, 5) is 24.2. The predicted octanol–water partition coefficient (Wildman–Crippen LogP) is 2.09. The molecule has 0 saturated carbocycles. The van der Waals surface area contributed by atoms with Gasteiger partial charge < -0.3 is 10.0 Å². The molecule has 2 aliphatic heterocycles. The average molecular weight is 343 g/mol. The summed E-state index contributed by atoms with van der Waals surface area (Å²) in [5, 5.41) is 9.07. The van der Waals surface area contributed by atoms with Gasteiger partial charge in [-0.25, -0.2) is 0 Å². The molecule has 0 aromatic heterocycles. The summed E-state index contributed by atoms with van der Waals surface area (Å²) in [6.45, 7) is -0.912. The first-order valence-electron chi connectivity index (χ1n) is 6.53. The Balaban J connectivity index is 2.00. The lowest BCUT2D eigenvalue weighted by Gasteiger charge is -2.28. The molecule has 0 aromatic carbocycles. The topological polar surface area (TPSA) is 57.6 Å². The maximum atomic E-state index is 13.0. The summed E-state index contributed by atoms with van der Waals surface area (Å²) in [7, 11) is 0. The minimum absolute atomic E-state index is 0.113. The second kappa shape index (κ2) is 6.28. The van der Waals surface area contributed by atoms with E-state index in [-0.39, 0.29) is 24.1 Å². The zero-order chi connectivity index (χ0) is 15.7. The summed E-state index contributed by atoms with van der Waals surface area (Å²) < 4.78 is 39.1. The van der Waals surface area contributed by atoms with Gasteiger partial charge in [0.25, 0.3) is 0 Å². The molecule has 2 fully saturated rings. The van der Waals surface area contributed by atoms with Crippen molar-refractivity contribution in [1.29, 1.82) is 0 Å². The van der Waals surface area contributed by atoms with Gasteiger partial charge in [0.05, 0.1) is 0 Å². The molecular weight excluding hydrogens is 327 g/mol. The Morgan fingerprint density at radius 3 is 2.52 bits per heavy atom. The van der Waals surface area contributed by atoms with Crippen molar-refractivity contribution >= 4 is 35.4 Å². The highest BCUT2D eigenvalue weighted by Crippen LogP contribution is 2.46. The molecule has 0 radical (unpaired) electrons. The van der Waals surface area contributed by atoms with Crippen LogP contribution in [0, 0.1) is 5.41 Å². The molecule has 0 bridgehead atoms. The largest absolute Gasteiger partial charge is 0.481 e. The van der Waals surface area contributed by atoms with E-state index in [9.17, 15) is 22.8 Å². The van der Waals surface area contributed by atoms with Crippen LogP contribution in [0.3, 0.4) is 0 Å². The van der Waals surface area contributed by atoms with Gasteiger partial charge in [-0.2, -0.15) is 36.7 Å². The molecule has 1 amide bonds. The van der Waals surface area contributed by atoms with E-state index in [0.29, 0.717) is 0 Å². The number of carbonyl (C=O) groups excluding carboxylic acids is 1. The SMILES string of the molecule is O=C(CC1CSCCS1)N1CCC(C(=O)O)(C(F)(F)F)C1. The predicted molar refractivity (Wildman–Crippen MR) is 75.5 cm³/mol. The molecule has 0 aromatic rings. The van der Waals surface area contributed by atoms with Crippen molar-refractivity contribution in [3.05, 3.63) is 0 Å². The van der Waals surface area contributed by atoms with Crippen LogP contribution in [-0.2, 0) is 9.59 Å². The number of rotatable bonds is 3. The quantitative estimate of drug-likeness (QED) is 0.850. The molecule has 9 heteroatoms. The molecule has 2 atom stereocenters. The molecule has 0 spiro atoms. The third-order valence-corrected chi connectivity index (χ3v) is 6.71. The van der Waals surface area contributed by atoms with E-state index in [0.717, 1.165) is 22.2 Å². The maximum absolute atomic E-state index is 13.0. The normalized spacial score (nSPS) is 30.4. The van der Waals surface area contributed by atoms with Gasteiger partial charge in [0.1, 0.15) is 0 Å². The lowest BCUT2D eigenvalue weighted by molar-refractivity contribution is -0.227. The molecule has 4 nitrogen and oxygen atoms in total. The Labute approximate surface area is 128 Å². The van der Waals surface area contributed by atoms with E-state index in [1.165, 1.54) is 0 Å². The van der Waals surface area contributed by atoms with E-state index in [1.54, 1.807) is 23.5 Å². The fourth-order valence-electron chi connectivity index (χ4n) is 2.53. The number of amides is 1. The van der Waals surface area contributed by atoms with Crippen molar-refractivity contribution < 1.29 is 27.9 Å². The molecule has 21 heavy (non-hydrogen) atoms. The van der Waals surface area contributed by atoms with Crippen LogP contribution in [0.25, 0.3) is 0 Å². The molecular formula is C12H16F3NO3S2. The number of hydrogen-bond acceptors (Lipinski definition) is 4. The van der Waals surface area contributed by atoms with Crippen LogP contribution in [-0.4, -0.2) is 63.7 Å². The number of likely N-dealkylation sites (tertiary alicyclic amines) is 1. The number of aliphatic carboxylic acids is 1. The second-order valence-electron chi connectivity index (χ2n) is 5.22. The Morgan fingerprint density at radius 2 is 2.05 bits per heavy atom. The van der Waals surface area contributed by atoms with Gasteiger partial charge in [-0.1, -0.05) is 0 Å². The monoisotopic (exact) mass is 343 g/mol. The smallest absolute Gasteiger partial charge is 0.406 e. The second-order valence-corrected chi connectivity index (χ2v) is 7.78. The minimum atomic E-state index is -4.84. The Hall–Kier alpha value is -0.570. The Kier molecular flexibility index (Phi) is 5.02. The summed E-state index contributed by atoms with van der Waals surface area (Å²) in [5.74, 6) is 0.503. The fourth-order valence-corrected chi connectivity index (χ4v) is 5.20. The average Bonchev–Trinajstić information content (AvgIpc) is 2.86. The highest BCUT2D eigenvalue weighted by molar-refractivity contribution is 8.06. The van der Waals surface area contributed by atoms with Gasteiger partial charge in [0, 0.05) is 42.0 Å². The fraction of sp³-hybridized carbons (Fsp3) is 0.833. The van der Waals surface area contributed by atoms with Gasteiger partial charge in [-0.3, -0.25) is 9.59 Å². The third kappa shape index (κ3) is 3.44. The first-order chi connectivity index (χ1) is 9.76. The molecule has 2 saturated heterocycles. The Bertz CT molecular complexity index is 426. The maximum Gasteiger partial charge on any atom is 0.406 e. The molecule has 2 aliphatic rings. The minimum Gasteiger partial charge on any atom is -0.481 e. The van der Waals surface area contributed by atoms with Crippen LogP contribution in [0.4, 0.5) is 13.2 Å². The van der Waals surface area contributed by atoms with Crippen molar-refractivity contribution in [1.82, 2.24) is 4.90 Å². The highest BCUT2D eigenvalue weighted by atomic mass is 32.2. The number of nitrogens with zero attached hydrogens (tertiary/aromatic N) is 1. The highest BCUT2D eigenvalue weighted by Gasteiger charge is 2.64. The first-order valence-corrected chi connectivity index (χ1v) is 8.74. The molecule has 0 aliphatic carbocycles. The molecule has 1 N–H and O–H groups in total. The van der Waals surface area contributed by atoms with Gasteiger partial charge in [-0.05, 0) is 6.42 Å². The Morgan fingerprint density at radius 1 is 1.33 bits per heavy atom. The molecule has 2 unspecified atom stereocenters. The van der Waals surface area contributed by atoms with Crippen LogP contribution in [0.2, 0.25) is 0 Å². The van der Waals surface area contributed by atoms with E-state index >= 15 is 0 Å². The zero-order valence-electron chi connectivity index (χ0n) is 11.2. The standard InChI is InChI=1S/C12H16F3NO3S2/c13-12(14,15)11(10(18)19)1-2-16(7-11)9(17)5-8-6-20-3-4-21-8/h8H,1-7H2,(H,18,19). The number of carboxylic acids is 1. The first kappa shape index (κ1) is 16.8. The van der Waals surface area contributed by atoms with Crippen LogP contribution in [0.5, 0.6) is 0 Å². The van der Waals surface area contributed by atoms with Crippen molar-refractivity contribution in [2.75, 3.05) is 30.3 Å². The van der Waals surface area contributed by atoms with Gasteiger partial charge in [0.15, 0.2) is 5.41 Å². The van der Waals surface area contributed by atoms with E-state index in [2.05, 4.69) is 0 Å². The van der Waals surface area contributed by atoms with Crippen molar-refractivity contribution in [3.63, 3.8) is 0 Å². The van der Waals surface area contributed by atoms with E-state index in [4.69, 9.17) is 5.11 Å². The van der Waals surface area contributed by atoms with Crippen LogP contribution in [0.1, 0.15) is 12.8 Å². The van der Waals surface area contributed by atoms with E-state index < -0.39 is 30.5 Å². The van der Waals surface area contributed by atoms with E-state index in [1.807, 2.05) is 0 Å². The third-order valence-electron chi connectivity index (χ3n) is 3.86. The summed E-state index contributed by atoms with van der Waals surface area (Å²) >= 11 is 3.39. The van der Waals surface area contributed by atoms with Gasteiger partial charge in [0.2, 0.25) is 5.91 Å². The zero-order valence-corrected chi connectivity index (χ0v) is 12.8. The number of thioether (sulfide) groups is 2. The lowest BCUT2D eigenvalue weighted by atomic mass is 9.86. The number of hydrogen-bond donors (Lipinski definition) is 1. The molecule has 120 valence electrons. The van der Waals surface area contributed by atoms with Gasteiger partial charge in [-0.15, -0.1) is 0 Å². The van der Waals surface area contributed by atoms with Crippen LogP contribution < -0.4 is 0 Å². The summed E-state index contributed by atoms with van der Waals surface area (Å²) in [6.07, 6.45) is -5.22. The number of carbonyl (C=O) groups is 2. The summed E-state index contributed by atoms with van der Waals surface area (Å²) in [6, 6.07) is 0. The van der Waals surface area contributed by atoms with Crippen molar-refractivity contribution in [2.45, 2.75) is 24.3 Å². The number of halogens is 3. The number of alkyl halides is 3. The molecule has 2 rings (SSSR count). The number of carboxylic acid groups (broad SMARTS) is 1. The van der Waals surface area contributed by atoms with Crippen LogP contribution in [0.15, 0.2) is 0 Å². The van der Waals surface area contributed by atoms with Crippen LogP contribution >= 0.6 is 23.5 Å². The lowest BCUT2D eigenvalue weighted by Crippen LogP contribution is -2.48. The van der Waals surface area contributed by atoms with Gasteiger partial charge >= 0.3 is 12.1 Å².